The molecule has 2 fully saturated rings. The maximum absolute atomic E-state index is 14.7. The van der Waals surface area contributed by atoms with Gasteiger partial charge >= 0.3 is 0 Å². The van der Waals surface area contributed by atoms with Crippen LogP contribution in [0.25, 0.3) is 5.57 Å². The Morgan fingerprint density at radius 2 is 1.83 bits per heavy atom. The largest absolute Gasteiger partial charge is 0.393 e. The van der Waals surface area contributed by atoms with E-state index in [4.69, 9.17) is 0 Å². The van der Waals surface area contributed by atoms with Crippen molar-refractivity contribution in [2.75, 3.05) is 0 Å². The third kappa shape index (κ3) is 2.74. The van der Waals surface area contributed by atoms with E-state index in [1.165, 1.54) is 24.0 Å². The summed E-state index contributed by atoms with van der Waals surface area (Å²) in [5, 5.41) is 10.3. The van der Waals surface area contributed by atoms with Gasteiger partial charge in [0, 0.05) is 5.56 Å². The minimum absolute atomic E-state index is 0.0751. The predicted molar refractivity (Wildman–Crippen MR) is 117 cm³/mol. The van der Waals surface area contributed by atoms with E-state index >= 15 is 0 Å². The molecule has 4 aliphatic carbocycles. The van der Waals surface area contributed by atoms with Gasteiger partial charge in [0.25, 0.3) is 0 Å². The maximum atomic E-state index is 14.7. The molecule has 0 spiro atoms. The van der Waals surface area contributed by atoms with Gasteiger partial charge in [-0.25, -0.2) is 4.39 Å². The Morgan fingerprint density at radius 1 is 1.07 bits per heavy atom. The molecule has 2 saturated carbocycles. The SMILES string of the molecule is CCC1C=C2C[C@@H](O)CC[C@]2(C)[C@H]2CC[C@]3(C)C(c4ccccc4F)=CC[C@H]3[C@H]12. The Balaban J connectivity index is 1.54. The van der Waals surface area contributed by atoms with Crippen molar-refractivity contribution in [1.82, 2.24) is 0 Å². The molecule has 1 unspecified atom stereocenters. The summed E-state index contributed by atoms with van der Waals surface area (Å²) in [6.45, 7) is 7.22. The summed E-state index contributed by atoms with van der Waals surface area (Å²) in [4.78, 5) is 0. The van der Waals surface area contributed by atoms with Gasteiger partial charge in [-0.3, -0.25) is 0 Å². The smallest absolute Gasteiger partial charge is 0.130 e. The number of rotatable bonds is 2. The summed E-state index contributed by atoms with van der Waals surface area (Å²) in [5.41, 5.74) is 3.94. The zero-order valence-corrected chi connectivity index (χ0v) is 18.1. The van der Waals surface area contributed by atoms with Gasteiger partial charge in [-0.05, 0) is 91.1 Å². The second kappa shape index (κ2) is 6.80. The Kier molecular flexibility index (Phi) is 4.59. The quantitative estimate of drug-likeness (QED) is 0.548. The molecule has 0 amide bonds. The number of benzene rings is 1. The van der Waals surface area contributed by atoms with Gasteiger partial charge in [0.15, 0.2) is 0 Å². The molecule has 0 radical (unpaired) electrons. The highest BCUT2D eigenvalue weighted by atomic mass is 19.1. The lowest BCUT2D eigenvalue weighted by molar-refractivity contribution is -0.0465. The topological polar surface area (TPSA) is 20.2 Å². The first-order valence-corrected chi connectivity index (χ1v) is 11.7. The number of halogens is 1. The van der Waals surface area contributed by atoms with Gasteiger partial charge in [-0.2, -0.15) is 0 Å². The van der Waals surface area contributed by atoms with Crippen LogP contribution in [-0.4, -0.2) is 11.2 Å². The molecule has 0 aromatic heterocycles. The van der Waals surface area contributed by atoms with E-state index in [0.717, 1.165) is 37.7 Å². The molecule has 0 bridgehead atoms. The van der Waals surface area contributed by atoms with Gasteiger partial charge in [0.2, 0.25) is 0 Å². The average Bonchev–Trinajstić information content (AvgIpc) is 3.05. The summed E-state index contributed by atoms with van der Waals surface area (Å²) < 4.78 is 14.7. The third-order valence-corrected chi connectivity index (χ3v) is 9.46. The van der Waals surface area contributed by atoms with Gasteiger partial charge in [0.1, 0.15) is 5.82 Å². The standard InChI is InChI=1S/C27H35FO/c1-4-17-15-18-16-19(29)11-13-26(18,2)23-12-14-27(3)21(9-10-22(27)25(17)23)20-7-5-6-8-24(20)28/h5-9,15,17,19,22-23,25,29H,4,10-14,16H2,1-3H3/t17?,19-,22-,23-,25-,26-,27+/m0/s1. The monoisotopic (exact) mass is 394 g/mol. The van der Waals surface area contributed by atoms with Crippen molar-refractivity contribution in [2.24, 2.45) is 34.5 Å². The zero-order chi connectivity index (χ0) is 20.4. The Labute approximate surface area is 175 Å². The molecular formula is C27H35FO. The highest BCUT2D eigenvalue weighted by Crippen LogP contribution is 2.67. The van der Waals surface area contributed by atoms with Gasteiger partial charge in [-0.15, -0.1) is 0 Å². The second-order valence-electron chi connectivity index (χ2n) is 10.7. The molecule has 156 valence electrons. The lowest BCUT2D eigenvalue weighted by Gasteiger charge is -2.60. The van der Waals surface area contributed by atoms with Crippen molar-refractivity contribution >= 4 is 5.57 Å². The van der Waals surface area contributed by atoms with E-state index in [9.17, 15) is 9.50 Å². The number of hydrogen-bond acceptors (Lipinski definition) is 1. The average molecular weight is 395 g/mol. The van der Waals surface area contributed by atoms with E-state index in [2.05, 4.69) is 32.9 Å². The lowest BCUT2D eigenvalue weighted by atomic mass is 9.45. The van der Waals surface area contributed by atoms with Crippen LogP contribution in [-0.2, 0) is 0 Å². The molecule has 4 aliphatic rings. The van der Waals surface area contributed by atoms with Gasteiger partial charge in [0.05, 0.1) is 6.10 Å². The van der Waals surface area contributed by atoms with Gasteiger partial charge < -0.3 is 5.11 Å². The summed E-state index contributed by atoms with van der Waals surface area (Å²) in [7, 11) is 0. The Hall–Kier alpha value is -1.41. The minimum atomic E-state index is -0.155. The fourth-order valence-corrected chi connectivity index (χ4v) is 7.86. The van der Waals surface area contributed by atoms with Crippen LogP contribution < -0.4 is 0 Å². The fraction of sp³-hybridized carbons (Fsp3) is 0.630. The lowest BCUT2D eigenvalue weighted by Crippen LogP contribution is -2.52. The van der Waals surface area contributed by atoms with E-state index in [1.807, 2.05) is 12.1 Å². The van der Waals surface area contributed by atoms with Crippen molar-refractivity contribution in [3.05, 3.63) is 53.4 Å². The first-order valence-electron chi connectivity index (χ1n) is 11.7. The van der Waals surface area contributed by atoms with Crippen LogP contribution in [0.2, 0.25) is 0 Å². The van der Waals surface area contributed by atoms with Crippen LogP contribution in [0.3, 0.4) is 0 Å². The van der Waals surface area contributed by atoms with Crippen LogP contribution in [0.15, 0.2) is 42.0 Å². The molecule has 1 N–H and O–H groups in total. The van der Waals surface area contributed by atoms with E-state index in [-0.39, 0.29) is 22.8 Å². The third-order valence-electron chi connectivity index (χ3n) is 9.46. The van der Waals surface area contributed by atoms with Gasteiger partial charge in [-0.1, -0.05) is 56.7 Å². The summed E-state index contributed by atoms with van der Waals surface area (Å²) in [6.07, 6.45) is 12.3. The van der Waals surface area contributed by atoms with Crippen molar-refractivity contribution < 1.29 is 9.50 Å². The first kappa shape index (κ1) is 19.5. The van der Waals surface area contributed by atoms with Crippen molar-refractivity contribution in [2.45, 2.75) is 71.8 Å². The molecular weight excluding hydrogens is 359 g/mol. The molecule has 0 saturated heterocycles. The van der Waals surface area contributed by atoms with Crippen LogP contribution in [0.5, 0.6) is 0 Å². The number of aliphatic hydroxyl groups is 1. The molecule has 29 heavy (non-hydrogen) atoms. The molecule has 1 aromatic carbocycles. The fourth-order valence-electron chi connectivity index (χ4n) is 7.86. The van der Waals surface area contributed by atoms with Crippen LogP contribution in [0, 0.1) is 40.3 Å². The van der Waals surface area contributed by atoms with E-state index in [1.54, 1.807) is 12.1 Å². The Bertz CT molecular complexity index is 869. The molecule has 0 aliphatic heterocycles. The number of aliphatic hydroxyl groups excluding tert-OH is 1. The van der Waals surface area contributed by atoms with E-state index < -0.39 is 0 Å². The first-order chi connectivity index (χ1) is 13.9. The summed E-state index contributed by atoms with van der Waals surface area (Å²) >= 11 is 0. The van der Waals surface area contributed by atoms with Crippen LogP contribution >= 0.6 is 0 Å². The van der Waals surface area contributed by atoms with Crippen molar-refractivity contribution in [1.29, 1.82) is 0 Å². The molecule has 1 aromatic rings. The minimum Gasteiger partial charge on any atom is -0.393 e. The second-order valence-corrected chi connectivity index (χ2v) is 10.7. The molecule has 1 nitrogen and oxygen atoms in total. The maximum Gasteiger partial charge on any atom is 0.130 e. The normalized spacial score (nSPS) is 43.7. The number of allylic oxidation sites excluding steroid dienone is 3. The molecule has 5 rings (SSSR count). The highest BCUT2D eigenvalue weighted by molar-refractivity contribution is 5.73. The Morgan fingerprint density at radius 3 is 2.59 bits per heavy atom. The van der Waals surface area contributed by atoms with Crippen molar-refractivity contribution in [3.8, 4) is 0 Å². The summed E-state index contributed by atoms with van der Waals surface area (Å²) in [6, 6.07) is 7.35. The zero-order valence-electron chi connectivity index (χ0n) is 18.1. The predicted octanol–water partition coefficient (Wildman–Crippen LogP) is 6.78. The highest BCUT2D eigenvalue weighted by Gasteiger charge is 2.58. The molecule has 0 heterocycles. The molecule has 2 heteroatoms. The number of hydrogen-bond donors (Lipinski definition) is 1. The van der Waals surface area contributed by atoms with Crippen LogP contribution in [0.1, 0.15) is 71.3 Å². The van der Waals surface area contributed by atoms with Crippen molar-refractivity contribution in [3.63, 3.8) is 0 Å². The van der Waals surface area contributed by atoms with Crippen LogP contribution in [0.4, 0.5) is 4.39 Å². The molecule has 7 atom stereocenters. The summed E-state index contributed by atoms with van der Waals surface area (Å²) in [5.74, 6) is 2.48. The van der Waals surface area contributed by atoms with E-state index in [0.29, 0.717) is 23.7 Å². The number of fused-ring (bicyclic) bond motifs is 5.